The van der Waals surface area contributed by atoms with E-state index in [0.717, 1.165) is 11.7 Å². The molecule has 0 bridgehead atoms. The Morgan fingerprint density at radius 2 is 1.90 bits per heavy atom. The van der Waals surface area contributed by atoms with Gasteiger partial charge < -0.3 is 9.80 Å². The molecule has 0 atom stereocenters. The lowest BCUT2D eigenvalue weighted by atomic mass is 10.1. The Labute approximate surface area is 67.8 Å². The number of hydrogen-bond acceptors (Lipinski definition) is 1. The Balaban J connectivity index is 2.81. The summed E-state index contributed by atoms with van der Waals surface area (Å²) in [5, 5.41) is 0.949. The molecule has 0 amide bonds. The Kier molecular flexibility index (Phi) is 1.63. The highest BCUT2D eigenvalue weighted by Crippen LogP contribution is 2.22. The van der Waals surface area contributed by atoms with E-state index >= 15 is 0 Å². The van der Waals surface area contributed by atoms with Crippen LogP contribution in [0, 0.1) is 0 Å². The summed E-state index contributed by atoms with van der Waals surface area (Å²) < 4.78 is 0. The van der Waals surface area contributed by atoms with Crippen LogP contribution in [0.5, 0.6) is 0 Å². The zero-order valence-electron chi connectivity index (χ0n) is 7.01. The quantitative estimate of drug-likeness (QED) is 0.484. The van der Waals surface area contributed by atoms with E-state index in [1.54, 1.807) is 0 Å². The van der Waals surface area contributed by atoms with Crippen LogP contribution in [0.2, 0.25) is 0 Å². The molecule has 1 aliphatic rings. The highest BCUT2D eigenvalue weighted by Gasteiger charge is 2.35. The summed E-state index contributed by atoms with van der Waals surface area (Å²) in [4.78, 5) is 4.25. The minimum atomic E-state index is 0.214. The largest absolute Gasteiger partial charge is 0.350 e. The van der Waals surface area contributed by atoms with Crippen molar-refractivity contribution in [3.05, 3.63) is 0 Å². The fourth-order valence-corrected chi connectivity index (χ4v) is 1.58. The normalized spacial score (nSPS) is 24.2. The van der Waals surface area contributed by atoms with Crippen molar-refractivity contribution >= 4 is 17.3 Å². The van der Waals surface area contributed by atoms with Crippen molar-refractivity contribution in [2.24, 2.45) is 0 Å². The monoisotopic (exact) mass is 158 g/mol. The molecule has 0 aromatic heterocycles. The standard InChI is InChI=1S/C7H14N2S/c1-7(2)5-8(3)6(10)9(7)4/h5H2,1-4H3. The van der Waals surface area contributed by atoms with Crippen LogP contribution in [0.1, 0.15) is 13.8 Å². The molecule has 1 fully saturated rings. The molecule has 0 aromatic carbocycles. The topological polar surface area (TPSA) is 6.48 Å². The third kappa shape index (κ3) is 0.985. The molecule has 0 aliphatic carbocycles. The first-order chi connectivity index (χ1) is 4.45. The molecule has 0 unspecified atom stereocenters. The average molecular weight is 158 g/mol. The van der Waals surface area contributed by atoms with Gasteiger partial charge in [-0.25, -0.2) is 0 Å². The molecule has 1 rings (SSSR count). The Morgan fingerprint density at radius 1 is 1.40 bits per heavy atom. The fourth-order valence-electron chi connectivity index (χ4n) is 1.27. The zero-order chi connectivity index (χ0) is 7.94. The van der Waals surface area contributed by atoms with E-state index in [0.29, 0.717) is 0 Å². The predicted octanol–water partition coefficient (Wildman–Crippen LogP) is 0.927. The Bertz CT molecular complexity index is 165. The van der Waals surface area contributed by atoms with E-state index in [2.05, 4.69) is 23.6 Å². The fraction of sp³-hybridized carbons (Fsp3) is 0.857. The average Bonchev–Trinajstić information content (AvgIpc) is 1.95. The van der Waals surface area contributed by atoms with E-state index in [-0.39, 0.29) is 5.54 Å². The van der Waals surface area contributed by atoms with Gasteiger partial charge in [-0.2, -0.15) is 0 Å². The van der Waals surface area contributed by atoms with E-state index < -0.39 is 0 Å². The van der Waals surface area contributed by atoms with Crippen LogP contribution >= 0.6 is 12.2 Å². The van der Waals surface area contributed by atoms with Crippen LogP contribution in [0.15, 0.2) is 0 Å². The molecule has 0 spiro atoms. The van der Waals surface area contributed by atoms with Crippen LogP contribution in [0.4, 0.5) is 0 Å². The molecule has 1 saturated heterocycles. The van der Waals surface area contributed by atoms with Crippen molar-refractivity contribution in [2.75, 3.05) is 20.6 Å². The number of nitrogens with zero attached hydrogens (tertiary/aromatic N) is 2. The van der Waals surface area contributed by atoms with Gasteiger partial charge in [0.15, 0.2) is 5.11 Å². The molecule has 0 N–H and O–H groups in total. The number of likely N-dealkylation sites (N-methyl/N-ethyl adjacent to an activating group) is 2. The number of thiocarbonyl (C=S) groups is 1. The first-order valence-electron chi connectivity index (χ1n) is 3.44. The molecular weight excluding hydrogens is 144 g/mol. The summed E-state index contributed by atoms with van der Waals surface area (Å²) in [6.45, 7) is 5.42. The minimum Gasteiger partial charge on any atom is -0.350 e. The Morgan fingerprint density at radius 3 is 2.00 bits per heavy atom. The molecule has 1 heterocycles. The summed E-state index contributed by atoms with van der Waals surface area (Å²) >= 11 is 5.17. The van der Waals surface area contributed by atoms with E-state index in [4.69, 9.17) is 12.2 Å². The van der Waals surface area contributed by atoms with Gasteiger partial charge in [-0.1, -0.05) is 0 Å². The lowest BCUT2D eigenvalue weighted by Gasteiger charge is -2.26. The van der Waals surface area contributed by atoms with Gasteiger partial charge in [-0.05, 0) is 26.1 Å². The third-order valence-corrected chi connectivity index (χ3v) is 2.73. The van der Waals surface area contributed by atoms with E-state index in [1.165, 1.54) is 0 Å². The first-order valence-corrected chi connectivity index (χ1v) is 3.85. The van der Waals surface area contributed by atoms with Crippen molar-refractivity contribution in [1.29, 1.82) is 0 Å². The van der Waals surface area contributed by atoms with Crippen LogP contribution in [-0.2, 0) is 0 Å². The molecule has 10 heavy (non-hydrogen) atoms. The zero-order valence-corrected chi connectivity index (χ0v) is 7.83. The maximum absolute atomic E-state index is 5.17. The number of rotatable bonds is 0. The van der Waals surface area contributed by atoms with Gasteiger partial charge in [0, 0.05) is 20.6 Å². The maximum atomic E-state index is 5.17. The molecule has 1 aliphatic heterocycles. The maximum Gasteiger partial charge on any atom is 0.171 e. The summed E-state index contributed by atoms with van der Waals surface area (Å²) in [6, 6.07) is 0. The van der Waals surface area contributed by atoms with Crippen molar-refractivity contribution in [1.82, 2.24) is 9.80 Å². The third-order valence-electron chi connectivity index (χ3n) is 2.15. The van der Waals surface area contributed by atoms with Gasteiger partial charge in [0.25, 0.3) is 0 Å². The summed E-state index contributed by atoms with van der Waals surface area (Å²) in [7, 11) is 4.08. The molecule has 0 saturated carbocycles. The lowest BCUT2D eigenvalue weighted by Crippen LogP contribution is -2.38. The Hall–Kier alpha value is -0.310. The summed E-state index contributed by atoms with van der Waals surface area (Å²) in [5.74, 6) is 0. The van der Waals surface area contributed by atoms with Crippen molar-refractivity contribution in [3.8, 4) is 0 Å². The SMILES string of the molecule is CN1CC(C)(C)N(C)C1=S. The minimum absolute atomic E-state index is 0.214. The van der Waals surface area contributed by atoms with Gasteiger partial charge >= 0.3 is 0 Å². The molecule has 2 nitrogen and oxygen atoms in total. The van der Waals surface area contributed by atoms with Crippen molar-refractivity contribution < 1.29 is 0 Å². The second kappa shape index (κ2) is 2.09. The predicted molar refractivity (Wildman–Crippen MR) is 47.1 cm³/mol. The van der Waals surface area contributed by atoms with Crippen LogP contribution < -0.4 is 0 Å². The smallest absolute Gasteiger partial charge is 0.171 e. The van der Waals surface area contributed by atoms with Gasteiger partial charge in [-0.15, -0.1) is 0 Å². The highest BCUT2D eigenvalue weighted by molar-refractivity contribution is 7.80. The second-order valence-corrected chi connectivity index (χ2v) is 3.88. The summed E-state index contributed by atoms with van der Waals surface area (Å²) in [6.07, 6.45) is 0. The molecule has 58 valence electrons. The number of hydrogen-bond donors (Lipinski definition) is 0. The lowest BCUT2D eigenvalue weighted by molar-refractivity contribution is 0.288. The molecular formula is C7H14N2S. The van der Waals surface area contributed by atoms with Crippen LogP contribution in [0.3, 0.4) is 0 Å². The van der Waals surface area contributed by atoms with Gasteiger partial charge in [0.05, 0.1) is 5.54 Å². The van der Waals surface area contributed by atoms with Crippen LogP contribution in [-0.4, -0.2) is 41.1 Å². The van der Waals surface area contributed by atoms with Crippen molar-refractivity contribution in [2.45, 2.75) is 19.4 Å². The second-order valence-electron chi connectivity index (χ2n) is 3.51. The van der Waals surface area contributed by atoms with Gasteiger partial charge in [-0.3, -0.25) is 0 Å². The van der Waals surface area contributed by atoms with Crippen LogP contribution in [0.25, 0.3) is 0 Å². The molecule has 0 radical (unpaired) electrons. The first kappa shape index (κ1) is 7.79. The summed E-state index contributed by atoms with van der Waals surface area (Å²) in [5.41, 5.74) is 0.214. The van der Waals surface area contributed by atoms with Crippen molar-refractivity contribution in [3.63, 3.8) is 0 Å². The van der Waals surface area contributed by atoms with Gasteiger partial charge in [0.1, 0.15) is 0 Å². The molecule has 0 aromatic rings. The molecule has 3 heteroatoms. The van der Waals surface area contributed by atoms with E-state index in [9.17, 15) is 0 Å². The van der Waals surface area contributed by atoms with Gasteiger partial charge in [0.2, 0.25) is 0 Å². The highest BCUT2D eigenvalue weighted by atomic mass is 32.1. The van der Waals surface area contributed by atoms with E-state index in [1.807, 2.05) is 14.1 Å².